The van der Waals surface area contributed by atoms with Crippen molar-refractivity contribution >= 4 is 11.6 Å². The zero-order valence-electron chi connectivity index (χ0n) is 20.3. The molecule has 1 aromatic carbocycles. The molecule has 2 aliphatic rings. The summed E-state index contributed by atoms with van der Waals surface area (Å²) in [6, 6.07) is 4.72. The Labute approximate surface area is 215 Å². The van der Waals surface area contributed by atoms with E-state index in [-0.39, 0.29) is 35.0 Å². The second-order valence-electron chi connectivity index (χ2n) is 9.49. The molecule has 0 amide bonds. The van der Waals surface area contributed by atoms with Gasteiger partial charge in [0.2, 0.25) is 0 Å². The van der Waals surface area contributed by atoms with Gasteiger partial charge in [0.1, 0.15) is 41.6 Å². The fraction of sp³-hybridized carbons (Fsp3) is 0.440. The summed E-state index contributed by atoms with van der Waals surface area (Å²) in [5.74, 6) is -1.30. The molecule has 0 radical (unpaired) electrons. The molecule has 2 aromatic heterocycles. The lowest BCUT2D eigenvalue weighted by atomic mass is 9.93. The maximum absolute atomic E-state index is 15.7. The van der Waals surface area contributed by atoms with E-state index in [1.165, 1.54) is 12.4 Å². The molecule has 5 rings (SSSR count). The Balaban J connectivity index is 1.44. The van der Waals surface area contributed by atoms with Crippen molar-refractivity contribution in [3.8, 4) is 17.3 Å². The van der Waals surface area contributed by atoms with Gasteiger partial charge >= 0.3 is 6.18 Å². The van der Waals surface area contributed by atoms with Crippen LogP contribution in [0.4, 0.5) is 33.6 Å². The number of imidazole rings is 1. The van der Waals surface area contributed by atoms with Crippen LogP contribution in [0, 0.1) is 17.1 Å². The lowest BCUT2D eigenvalue weighted by molar-refractivity contribution is -0.139. The van der Waals surface area contributed by atoms with Gasteiger partial charge in [0.15, 0.2) is 5.82 Å². The molecule has 2 N–H and O–H groups in total. The third-order valence-corrected chi connectivity index (χ3v) is 7.12. The van der Waals surface area contributed by atoms with Crippen molar-refractivity contribution in [1.29, 1.82) is 5.26 Å². The maximum atomic E-state index is 15.7. The number of hydrogen-bond acceptors (Lipinski definition) is 7. The number of nitrogens with zero attached hydrogens (tertiary/aromatic N) is 7. The van der Waals surface area contributed by atoms with E-state index in [4.69, 9.17) is 5.73 Å². The van der Waals surface area contributed by atoms with E-state index in [2.05, 4.69) is 19.9 Å². The van der Waals surface area contributed by atoms with E-state index in [0.717, 1.165) is 31.6 Å². The molecule has 38 heavy (non-hydrogen) atoms. The quantitative estimate of drug-likeness (QED) is 0.480. The van der Waals surface area contributed by atoms with Gasteiger partial charge in [0.25, 0.3) is 0 Å². The Hall–Kier alpha value is -3.79. The summed E-state index contributed by atoms with van der Waals surface area (Å²) in [5, 5.41) is 9.45. The number of likely N-dealkylation sites (tertiary alicyclic amines) is 1. The summed E-state index contributed by atoms with van der Waals surface area (Å²) in [6.45, 7) is 3.39. The van der Waals surface area contributed by atoms with Crippen LogP contribution in [0.5, 0.6) is 0 Å². The van der Waals surface area contributed by atoms with Crippen LogP contribution in [0.25, 0.3) is 11.3 Å². The van der Waals surface area contributed by atoms with Gasteiger partial charge in [0.05, 0.1) is 23.7 Å². The van der Waals surface area contributed by atoms with E-state index < -0.39 is 29.6 Å². The summed E-state index contributed by atoms with van der Waals surface area (Å²) < 4.78 is 71.3. The molecule has 3 aromatic rings. The average molecular weight is 533 g/mol. The van der Waals surface area contributed by atoms with Gasteiger partial charge in [0, 0.05) is 31.4 Å². The van der Waals surface area contributed by atoms with Crippen molar-refractivity contribution in [3.63, 3.8) is 0 Å². The number of hydrogen-bond donors (Lipinski definition) is 1. The van der Waals surface area contributed by atoms with Gasteiger partial charge in [-0.15, -0.1) is 0 Å². The molecule has 0 unspecified atom stereocenters. The molecular weight excluding hydrogens is 507 g/mol. The Morgan fingerprint density at radius 3 is 2.58 bits per heavy atom. The number of anilines is 2. The first-order valence-corrected chi connectivity index (χ1v) is 12.2. The van der Waals surface area contributed by atoms with Gasteiger partial charge in [-0.2, -0.15) is 18.4 Å². The van der Waals surface area contributed by atoms with Gasteiger partial charge in [-0.05, 0) is 44.1 Å². The molecule has 2 fully saturated rings. The minimum atomic E-state index is -4.85. The highest BCUT2D eigenvalue weighted by Gasteiger charge is 2.37. The van der Waals surface area contributed by atoms with Crippen molar-refractivity contribution in [2.45, 2.75) is 37.7 Å². The van der Waals surface area contributed by atoms with Crippen molar-refractivity contribution in [2.75, 3.05) is 43.4 Å². The highest BCUT2D eigenvalue weighted by atomic mass is 19.4. The number of piperidine rings is 1. The number of benzene rings is 1. The molecule has 0 saturated carbocycles. The first kappa shape index (κ1) is 25.8. The second-order valence-corrected chi connectivity index (χ2v) is 9.49. The van der Waals surface area contributed by atoms with E-state index in [9.17, 15) is 22.8 Å². The number of nitriles is 1. The lowest BCUT2D eigenvalue weighted by Gasteiger charge is -2.36. The first-order valence-electron chi connectivity index (χ1n) is 12.2. The predicted molar refractivity (Wildman–Crippen MR) is 129 cm³/mol. The standard InChI is InChI=1S/C25H25F5N8/c26-19-3-2-15(10-18(19)25(28,29)30)21-13-38(9-8-36-5-1-6-36)24(35-21)16-4-7-37(12-20(16)27)23-17(11-31)22(32)33-14-34-23/h2-3,10,13-14,16,20H,1,4-9,12H2,(H2,32,33,34)/t16-,20+/m0/s1. The van der Waals surface area contributed by atoms with E-state index in [0.29, 0.717) is 31.9 Å². The van der Waals surface area contributed by atoms with Crippen LogP contribution in [0.1, 0.15) is 35.7 Å². The average Bonchev–Trinajstić information content (AvgIpc) is 3.26. The number of halogens is 5. The van der Waals surface area contributed by atoms with Crippen LogP contribution < -0.4 is 10.6 Å². The number of nitrogen functional groups attached to an aromatic ring is 1. The van der Waals surface area contributed by atoms with Crippen LogP contribution in [0.3, 0.4) is 0 Å². The monoisotopic (exact) mass is 532 g/mol. The molecule has 2 saturated heterocycles. The fourth-order valence-corrected chi connectivity index (χ4v) is 4.93. The molecule has 200 valence electrons. The molecule has 0 aliphatic carbocycles. The summed E-state index contributed by atoms with van der Waals surface area (Å²) in [7, 11) is 0. The Morgan fingerprint density at radius 2 is 1.92 bits per heavy atom. The number of alkyl halides is 4. The molecule has 2 atom stereocenters. The SMILES string of the molecule is N#Cc1c(N)ncnc1N1CC[C@H](c2nc(-c3ccc(F)c(C(F)(F)F)c3)cn2CCN2CCC2)[C@H](F)C1. The molecular formula is C25H25F5N8. The van der Waals surface area contributed by atoms with Gasteiger partial charge in [-0.25, -0.2) is 23.7 Å². The highest BCUT2D eigenvalue weighted by Crippen LogP contribution is 2.37. The molecule has 2 aliphatic heterocycles. The molecule has 0 bridgehead atoms. The number of aromatic nitrogens is 4. The van der Waals surface area contributed by atoms with Crippen LogP contribution in [-0.4, -0.2) is 63.3 Å². The largest absolute Gasteiger partial charge is 0.419 e. The summed E-state index contributed by atoms with van der Waals surface area (Å²) >= 11 is 0. The third-order valence-electron chi connectivity index (χ3n) is 7.12. The van der Waals surface area contributed by atoms with Crippen molar-refractivity contribution < 1.29 is 22.0 Å². The first-order chi connectivity index (χ1) is 18.2. The van der Waals surface area contributed by atoms with Crippen LogP contribution >= 0.6 is 0 Å². The molecule has 13 heteroatoms. The summed E-state index contributed by atoms with van der Waals surface area (Å²) in [4.78, 5) is 16.4. The normalized spacial score (nSPS) is 20.3. The topological polar surface area (TPSA) is 99.9 Å². The second kappa shape index (κ2) is 10.2. The maximum Gasteiger partial charge on any atom is 0.419 e. The van der Waals surface area contributed by atoms with Gasteiger partial charge in [-0.1, -0.05) is 0 Å². The Bertz CT molecular complexity index is 1360. The number of nitrogens with two attached hydrogens (primary N) is 1. The minimum Gasteiger partial charge on any atom is -0.382 e. The van der Waals surface area contributed by atoms with Gasteiger partial charge in [-0.3, -0.25) is 0 Å². The molecule has 4 heterocycles. The van der Waals surface area contributed by atoms with Crippen molar-refractivity contribution in [1.82, 2.24) is 24.4 Å². The Kier molecular flexibility index (Phi) is 6.92. The highest BCUT2D eigenvalue weighted by molar-refractivity contribution is 5.64. The van der Waals surface area contributed by atoms with E-state index in [1.807, 2.05) is 6.07 Å². The van der Waals surface area contributed by atoms with Crippen LogP contribution in [-0.2, 0) is 12.7 Å². The summed E-state index contributed by atoms with van der Waals surface area (Å²) in [5.41, 5.74) is 4.81. The minimum absolute atomic E-state index is 0.0127. The zero-order chi connectivity index (χ0) is 27.0. The van der Waals surface area contributed by atoms with E-state index in [1.54, 1.807) is 15.7 Å². The zero-order valence-corrected chi connectivity index (χ0v) is 20.3. The molecule has 8 nitrogen and oxygen atoms in total. The lowest BCUT2D eigenvalue weighted by Crippen LogP contribution is -2.43. The number of rotatable bonds is 6. The summed E-state index contributed by atoms with van der Waals surface area (Å²) in [6.07, 6.45) is -2.00. The van der Waals surface area contributed by atoms with E-state index >= 15 is 4.39 Å². The fourth-order valence-electron chi connectivity index (χ4n) is 4.93. The van der Waals surface area contributed by atoms with Crippen LogP contribution in [0.2, 0.25) is 0 Å². The predicted octanol–water partition coefficient (Wildman–Crippen LogP) is 3.99. The smallest absolute Gasteiger partial charge is 0.382 e. The van der Waals surface area contributed by atoms with Crippen molar-refractivity contribution in [3.05, 3.63) is 53.5 Å². The van der Waals surface area contributed by atoms with Crippen LogP contribution in [0.15, 0.2) is 30.7 Å². The third kappa shape index (κ3) is 5.00. The Morgan fingerprint density at radius 1 is 1.13 bits per heavy atom. The van der Waals surface area contributed by atoms with Crippen molar-refractivity contribution in [2.24, 2.45) is 0 Å². The molecule has 0 spiro atoms. The van der Waals surface area contributed by atoms with Gasteiger partial charge < -0.3 is 20.1 Å².